The van der Waals surface area contributed by atoms with Gasteiger partial charge in [-0.05, 0) is 24.7 Å². The van der Waals surface area contributed by atoms with Crippen molar-refractivity contribution in [3.8, 4) is 0 Å². The van der Waals surface area contributed by atoms with Gasteiger partial charge in [0.05, 0.1) is 5.71 Å². The lowest BCUT2D eigenvalue weighted by Gasteiger charge is -2.26. The second-order valence-corrected chi connectivity index (χ2v) is 4.91. The minimum atomic E-state index is -0.152. The van der Waals surface area contributed by atoms with Crippen molar-refractivity contribution in [1.82, 2.24) is 5.43 Å². The fraction of sp³-hybridized carbons (Fsp3) is 0.750. The minimum absolute atomic E-state index is 0.152. The number of hydrazone groups is 1. The van der Waals surface area contributed by atoms with Crippen molar-refractivity contribution in [2.75, 3.05) is 7.05 Å². The molecule has 88 valence electrons. The molecule has 0 bridgehead atoms. The number of aliphatic imine (C=N–C) groups is 1. The molecular weight excluding hydrogens is 202 g/mol. The number of carbonyl (C=O) groups excluding carboxylic acids is 1. The van der Waals surface area contributed by atoms with Gasteiger partial charge >= 0.3 is 0 Å². The Kier molecular flexibility index (Phi) is 3.36. The summed E-state index contributed by atoms with van der Waals surface area (Å²) in [5.41, 5.74) is 3.87. The van der Waals surface area contributed by atoms with Crippen molar-refractivity contribution in [2.24, 2.45) is 21.9 Å². The smallest absolute Gasteiger partial charge is 0.281 e. The predicted molar refractivity (Wildman–Crippen MR) is 64.7 cm³/mol. The molecule has 0 aromatic heterocycles. The van der Waals surface area contributed by atoms with Crippen LogP contribution in [0.4, 0.5) is 0 Å². The van der Waals surface area contributed by atoms with Crippen LogP contribution < -0.4 is 5.43 Å². The van der Waals surface area contributed by atoms with Gasteiger partial charge in [-0.3, -0.25) is 9.79 Å². The number of amides is 1. The zero-order valence-electron chi connectivity index (χ0n) is 9.99. The van der Waals surface area contributed by atoms with Gasteiger partial charge in [-0.15, -0.1) is 0 Å². The van der Waals surface area contributed by atoms with Crippen LogP contribution in [0.2, 0.25) is 0 Å². The van der Waals surface area contributed by atoms with Gasteiger partial charge in [-0.2, -0.15) is 5.10 Å². The van der Waals surface area contributed by atoms with E-state index in [-0.39, 0.29) is 5.91 Å². The third-order valence-electron chi connectivity index (χ3n) is 3.53. The van der Waals surface area contributed by atoms with Gasteiger partial charge in [0.25, 0.3) is 5.91 Å². The van der Waals surface area contributed by atoms with Crippen molar-refractivity contribution in [3.63, 3.8) is 0 Å². The molecule has 1 N–H and O–H groups in total. The quantitative estimate of drug-likeness (QED) is 0.759. The lowest BCUT2D eigenvalue weighted by Crippen LogP contribution is -2.25. The first-order chi connectivity index (χ1) is 7.70. The van der Waals surface area contributed by atoms with E-state index in [1.54, 1.807) is 7.05 Å². The largest absolute Gasteiger partial charge is 0.291 e. The Labute approximate surface area is 96.2 Å². The van der Waals surface area contributed by atoms with E-state index in [2.05, 4.69) is 22.4 Å². The lowest BCUT2D eigenvalue weighted by molar-refractivity contribution is -0.114. The van der Waals surface area contributed by atoms with Crippen LogP contribution >= 0.6 is 0 Å². The molecule has 1 saturated carbocycles. The van der Waals surface area contributed by atoms with Gasteiger partial charge < -0.3 is 0 Å². The zero-order chi connectivity index (χ0) is 11.5. The second kappa shape index (κ2) is 4.76. The molecule has 0 radical (unpaired) electrons. The second-order valence-electron chi connectivity index (χ2n) is 4.91. The van der Waals surface area contributed by atoms with Crippen LogP contribution in [-0.2, 0) is 4.79 Å². The van der Waals surface area contributed by atoms with Gasteiger partial charge in [-0.1, -0.05) is 26.2 Å². The Balaban J connectivity index is 1.97. The summed E-state index contributed by atoms with van der Waals surface area (Å²) >= 11 is 0. The van der Waals surface area contributed by atoms with E-state index in [4.69, 9.17) is 0 Å². The highest BCUT2D eigenvalue weighted by Gasteiger charge is 2.28. The zero-order valence-corrected chi connectivity index (χ0v) is 9.99. The molecule has 1 aliphatic carbocycles. The minimum Gasteiger partial charge on any atom is -0.281 e. The topological polar surface area (TPSA) is 53.8 Å². The first kappa shape index (κ1) is 11.3. The van der Waals surface area contributed by atoms with E-state index in [9.17, 15) is 4.79 Å². The van der Waals surface area contributed by atoms with Crippen molar-refractivity contribution < 1.29 is 4.79 Å². The highest BCUT2D eigenvalue weighted by atomic mass is 16.2. The van der Waals surface area contributed by atoms with Crippen molar-refractivity contribution >= 4 is 17.3 Å². The summed E-state index contributed by atoms with van der Waals surface area (Å²) in [6.45, 7) is 2.31. The fourth-order valence-electron chi connectivity index (χ4n) is 2.75. The Morgan fingerprint density at radius 3 is 3.00 bits per heavy atom. The Morgan fingerprint density at radius 2 is 2.31 bits per heavy atom. The van der Waals surface area contributed by atoms with Crippen LogP contribution in [0.25, 0.3) is 0 Å². The van der Waals surface area contributed by atoms with Gasteiger partial charge in [-0.25, -0.2) is 5.43 Å². The standard InChI is InChI=1S/C12H19N3O/c1-8-4-3-5-9(6-8)7-10-11(13-2)12(16)15-14-10/h8-9H,3-7H2,1-2H3,(H,13,15,16). The maximum absolute atomic E-state index is 11.4. The van der Waals surface area contributed by atoms with E-state index in [1.165, 1.54) is 25.7 Å². The maximum Gasteiger partial charge on any atom is 0.291 e. The van der Waals surface area contributed by atoms with Crippen molar-refractivity contribution in [2.45, 2.75) is 39.0 Å². The number of hydrogen-bond acceptors (Lipinski definition) is 3. The van der Waals surface area contributed by atoms with Crippen molar-refractivity contribution in [3.05, 3.63) is 0 Å². The third-order valence-corrected chi connectivity index (χ3v) is 3.53. The molecular formula is C12H19N3O. The molecule has 1 heterocycles. The average molecular weight is 221 g/mol. The Hall–Kier alpha value is -1.19. The van der Waals surface area contributed by atoms with Crippen LogP contribution in [0.3, 0.4) is 0 Å². The molecule has 1 aliphatic heterocycles. The SMILES string of the molecule is CN=C1C(=O)NN=C1CC1CCCC(C)C1. The molecule has 1 fully saturated rings. The first-order valence-electron chi connectivity index (χ1n) is 6.04. The molecule has 4 nitrogen and oxygen atoms in total. The highest BCUT2D eigenvalue weighted by molar-refractivity contribution is 6.68. The summed E-state index contributed by atoms with van der Waals surface area (Å²) < 4.78 is 0. The van der Waals surface area contributed by atoms with Gasteiger partial charge in [0, 0.05) is 7.05 Å². The van der Waals surface area contributed by atoms with Crippen LogP contribution in [0.1, 0.15) is 39.0 Å². The molecule has 16 heavy (non-hydrogen) atoms. The van der Waals surface area contributed by atoms with Gasteiger partial charge in [0.1, 0.15) is 5.71 Å². The van der Waals surface area contributed by atoms with Crippen LogP contribution in [-0.4, -0.2) is 24.4 Å². The first-order valence-corrected chi connectivity index (χ1v) is 6.04. The summed E-state index contributed by atoms with van der Waals surface area (Å²) in [5.74, 6) is 1.33. The van der Waals surface area contributed by atoms with E-state index >= 15 is 0 Å². The van der Waals surface area contributed by atoms with E-state index < -0.39 is 0 Å². The molecule has 0 spiro atoms. The molecule has 2 atom stereocenters. The summed E-state index contributed by atoms with van der Waals surface area (Å²) in [5, 5.41) is 4.07. The molecule has 0 aromatic carbocycles. The molecule has 2 rings (SSSR count). The van der Waals surface area contributed by atoms with Crippen LogP contribution in [0.15, 0.2) is 10.1 Å². The number of nitrogens with zero attached hydrogens (tertiary/aromatic N) is 2. The number of carbonyl (C=O) groups is 1. The molecule has 2 unspecified atom stereocenters. The highest BCUT2D eigenvalue weighted by Crippen LogP contribution is 2.31. The lowest BCUT2D eigenvalue weighted by atomic mass is 9.79. The average Bonchev–Trinajstić information content (AvgIpc) is 2.59. The van der Waals surface area contributed by atoms with Crippen LogP contribution in [0.5, 0.6) is 0 Å². The number of hydrogen-bond donors (Lipinski definition) is 1. The molecule has 1 amide bonds. The Bertz CT molecular complexity index is 346. The number of nitrogens with one attached hydrogen (secondary N) is 1. The molecule has 2 aliphatic rings. The van der Waals surface area contributed by atoms with E-state index in [0.29, 0.717) is 11.6 Å². The summed E-state index contributed by atoms with van der Waals surface area (Å²) in [6.07, 6.45) is 6.06. The summed E-state index contributed by atoms with van der Waals surface area (Å²) in [6, 6.07) is 0. The normalized spacial score (nSPS) is 32.8. The maximum atomic E-state index is 11.4. The molecule has 0 saturated heterocycles. The molecule has 0 aromatic rings. The summed E-state index contributed by atoms with van der Waals surface area (Å²) in [7, 11) is 1.65. The van der Waals surface area contributed by atoms with Crippen molar-refractivity contribution in [1.29, 1.82) is 0 Å². The van der Waals surface area contributed by atoms with Gasteiger partial charge in [0.2, 0.25) is 0 Å². The summed E-state index contributed by atoms with van der Waals surface area (Å²) in [4.78, 5) is 15.4. The van der Waals surface area contributed by atoms with Gasteiger partial charge in [0.15, 0.2) is 0 Å². The fourth-order valence-corrected chi connectivity index (χ4v) is 2.75. The Morgan fingerprint density at radius 1 is 1.50 bits per heavy atom. The van der Waals surface area contributed by atoms with E-state index in [0.717, 1.165) is 18.1 Å². The predicted octanol–water partition coefficient (Wildman–Crippen LogP) is 1.76. The molecule has 4 heteroatoms. The monoisotopic (exact) mass is 221 g/mol. The van der Waals surface area contributed by atoms with Crippen LogP contribution in [0, 0.1) is 11.8 Å². The number of rotatable bonds is 2. The third kappa shape index (κ3) is 2.31. The van der Waals surface area contributed by atoms with E-state index in [1.807, 2.05) is 0 Å².